The number of amides is 1. The minimum absolute atomic E-state index is 0.0150. The van der Waals surface area contributed by atoms with E-state index in [1.165, 1.54) is 0 Å². The fourth-order valence-electron chi connectivity index (χ4n) is 3.62. The Labute approximate surface area is 159 Å². The molecule has 2 atom stereocenters. The largest absolute Gasteiger partial charge is 0.373 e. The predicted molar refractivity (Wildman–Crippen MR) is 107 cm³/mol. The van der Waals surface area contributed by atoms with Gasteiger partial charge in [-0.05, 0) is 24.6 Å². The Morgan fingerprint density at radius 2 is 1.85 bits per heavy atom. The standard InChI is InChI=1S/C22H23N3O2/c1-15-13-25(14-20(27-15)16-8-4-3-5-9-16)22(26)18-12-21(23-2)24-19-11-7-6-10-17(18)19/h3-12,15,20H,13-14H2,1-2H3,(H,23,24). The second-order valence-corrected chi connectivity index (χ2v) is 6.88. The van der Waals surface area contributed by atoms with Crippen molar-refractivity contribution < 1.29 is 9.53 Å². The van der Waals surface area contributed by atoms with Crippen LogP contribution in [-0.4, -0.2) is 42.0 Å². The van der Waals surface area contributed by atoms with Crippen LogP contribution < -0.4 is 5.32 Å². The summed E-state index contributed by atoms with van der Waals surface area (Å²) >= 11 is 0. The number of aromatic nitrogens is 1. The normalized spacial score (nSPS) is 19.9. The summed E-state index contributed by atoms with van der Waals surface area (Å²) in [7, 11) is 1.81. The number of anilines is 1. The molecule has 0 radical (unpaired) electrons. The Balaban J connectivity index is 1.69. The van der Waals surface area contributed by atoms with E-state index in [1.807, 2.05) is 79.5 Å². The summed E-state index contributed by atoms with van der Waals surface area (Å²) in [6.07, 6.45) is -0.138. The number of morpholine rings is 1. The number of fused-ring (bicyclic) bond motifs is 1. The third kappa shape index (κ3) is 3.51. The summed E-state index contributed by atoms with van der Waals surface area (Å²) in [4.78, 5) is 19.9. The van der Waals surface area contributed by atoms with Crippen LogP contribution in [0.2, 0.25) is 0 Å². The highest BCUT2D eigenvalue weighted by molar-refractivity contribution is 6.07. The highest BCUT2D eigenvalue weighted by atomic mass is 16.5. The number of rotatable bonds is 3. The Morgan fingerprint density at radius 1 is 1.11 bits per heavy atom. The molecule has 138 valence electrons. The molecular formula is C22H23N3O2. The average Bonchev–Trinajstić information content (AvgIpc) is 2.72. The maximum Gasteiger partial charge on any atom is 0.254 e. The molecule has 4 rings (SSSR count). The Morgan fingerprint density at radius 3 is 2.63 bits per heavy atom. The molecule has 0 aliphatic carbocycles. The van der Waals surface area contributed by atoms with Crippen LogP contribution in [0.4, 0.5) is 5.82 Å². The Kier molecular flexibility index (Phi) is 4.77. The summed E-state index contributed by atoms with van der Waals surface area (Å²) in [6.45, 7) is 3.13. The molecular weight excluding hydrogens is 338 g/mol. The highest BCUT2D eigenvalue weighted by Crippen LogP contribution is 2.28. The molecule has 1 fully saturated rings. The smallest absolute Gasteiger partial charge is 0.254 e. The molecule has 2 heterocycles. The van der Waals surface area contributed by atoms with E-state index < -0.39 is 0 Å². The van der Waals surface area contributed by atoms with Crippen molar-refractivity contribution in [3.8, 4) is 0 Å². The number of nitrogens with zero attached hydrogens (tertiary/aromatic N) is 2. The molecule has 1 N–H and O–H groups in total. The van der Waals surface area contributed by atoms with Gasteiger partial charge in [-0.25, -0.2) is 4.98 Å². The van der Waals surface area contributed by atoms with Crippen molar-refractivity contribution >= 4 is 22.6 Å². The van der Waals surface area contributed by atoms with Gasteiger partial charge in [-0.2, -0.15) is 0 Å². The van der Waals surface area contributed by atoms with Gasteiger partial charge in [0, 0.05) is 19.0 Å². The van der Waals surface area contributed by atoms with Gasteiger partial charge in [0.25, 0.3) is 5.91 Å². The van der Waals surface area contributed by atoms with Gasteiger partial charge >= 0.3 is 0 Å². The van der Waals surface area contributed by atoms with Gasteiger partial charge in [-0.1, -0.05) is 48.5 Å². The molecule has 0 spiro atoms. The third-order valence-corrected chi connectivity index (χ3v) is 4.92. The van der Waals surface area contributed by atoms with Crippen molar-refractivity contribution in [1.29, 1.82) is 0 Å². The van der Waals surface area contributed by atoms with E-state index in [4.69, 9.17) is 4.74 Å². The van der Waals surface area contributed by atoms with Crippen LogP contribution in [0.1, 0.15) is 28.9 Å². The SMILES string of the molecule is CNc1cc(C(=O)N2CC(C)OC(c3ccccc3)C2)c2ccccc2n1. The molecule has 2 aromatic carbocycles. The van der Waals surface area contributed by atoms with Crippen molar-refractivity contribution in [2.24, 2.45) is 0 Å². The zero-order valence-electron chi connectivity index (χ0n) is 15.6. The molecule has 5 heteroatoms. The van der Waals surface area contributed by atoms with E-state index >= 15 is 0 Å². The van der Waals surface area contributed by atoms with Crippen molar-refractivity contribution in [3.63, 3.8) is 0 Å². The lowest BCUT2D eigenvalue weighted by Gasteiger charge is -2.37. The Bertz CT molecular complexity index is 958. The number of carbonyl (C=O) groups excluding carboxylic acids is 1. The lowest BCUT2D eigenvalue weighted by Crippen LogP contribution is -2.46. The second-order valence-electron chi connectivity index (χ2n) is 6.88. The van der Waals surface area contributed by atoms with E-state index in [-0.39, 0.29) is 18.1 Å². The van der Waals surface area contributed by atoms with Crippen LogP contribution in [0.15, 0.2) is 60.7 Å². The molecule has 1 aromatic heterocycles. The summed E-state index contributed by atoms with van der Waals surface area (Å²) in [5.74, 6) is 0.708. The van der Waals surface area contributed by atoms with Crippen LogP contribution in [0.3, 0.4) is 0 Å². The zero-order valence-corrected chi connectivity index (χ0v) is 15.6. The first-order chi connectivity index (χ1) is 13.2. The quantitative estimate of drug-likeness (QED) is 0.769. The first kappa shape index (κ1) is 17.5. The van der Waals surface area contributed by atoms with E-state index in [2.05, 4.69) is 10.3 Å². The number of benzene rings is 2. The monoisotopic (exact) mass is 361 g/mol. The Hall–Kier alpha value is -2.92. The van der Waals surface area contributed by atoms with Crippen molar-refractivity contribution in [3.05, 3.63) is 71.8 Å². The van der Waals surface area contributed by atoms with Gasteiger partial charge in [-0.3, -0.25) is 4.79 Å². The lowest BCUT2D eigenvalue weighted by molar-refractivity contribution is -0.0691. The minimum atomic E-state index is -0.115. The summed E-state index contributed by atoms with van der Waals surface area (Å²) in [5.41, 5.74) is 2.58. The van der Waals surface area contributed by atoms with Crippen molar-refractivity contribution in [2.75, 3.05) is 25.5 Å². The van der Waals surface area contributed by atoms with Gasteiger partial charge in [0.15, 0.2) is 0 Å². The van der Waals surface area contributed by atoms with Gasteiger partial charge in [0.05, 0.1) is 23.7 Å². The van der Waals surface area contributed by atoms with Crippen LogP contribution in [0, 0.1) is 0 Å². The molecule has 2 unspecified atom stereocenters. The van der Waals surface area contributed by atoms with Gasteiger partial charge < -0.3 is 15.0 Å². The summed E-state index contributed by atoms with van der Waals surface area (Å²) in [6, 6.07) is 19.7. The topological polar surface area (TPSA) is 54.5 Å². The second kappa shape index (κ2) is 7.37. The van der Waals surface area contributed by atoms with Crippen LogP contribution in [0.25, 0.3) is 10.9 Å². The van der Waals surface area contributed by atoms with Crippen LogP contribution in [-0.2, 0) is 4.74 Å². The number of ether oxygens (including phenoxy) is 1. The number of hydrogen-bond acceptors (Lipinski definition) is 4. The van der Waals surface area contributed by atoms with Gasteiger partial charge in [0.1, 0.15) is 11.9 Å². The zero-order chi connectivity index (χ0) is 18.8. The first-order valence-electron chi connectivity index (χ1n) is 9.23. The molecule has 1 amide bonds. The lowest BCUT2D eigenvalue weighted by atomic mass is 10.0. The fraction of sp³-hybridized carbons (Fsp3) is 0.273. The molecule has 1 aliphatic rings. The number of para-hydroxylation sites is 1. The maximum atomic E-state index is 13.4. The number of pyridine rings is 1. The molecule has 1 saturated heterocycles. The molecule has 3 aromatic rings. The molecule has 0 bridgehead atoms. The molecule has 27 heavy (non-hydrogen) atoms. The van der Waals surface area contributed by atoms with E-state index in [9.17, 15) is 4.79 Å². The van der Waals surface area contributed by atoms with Crippen LogP contribution in [0.5, 0.6) is 0 Å². The number of carbonyl (C=O) groups is 1. The maximum absolute atomic E-state index is 13.4. The van der Waals surface area contributed by atoms with Crippen molar-refractivity contribution in [1.82, 2.24) is 9.88 Å². The molecule has 0 saturated carbocycles. The molecule has 5 nitrogen and oxygen atoms in total. The van der Waals surface area contributed by atoms with Gasteiger partial charge in [0.2, 0.25) is 0 Å². The average molecular weight is 361 g/mol. The number of hydrogen-bond donors (Lipinski definition) is 1. The van der Waals surface area contributed by atoms with Crippen molar-refractivity contribution in [2.45, 2.75) is 19.1 Å². The van der Waals surface area contributed by atoms with Crippen LogP contribution >= 0.6 is 0 Å². The van der Waals surface area contributed by atoms with E-state index in [0.717, 1.165) is 16.5 Å². The predicted octanol–water partition coefficient (Wildman–Crippen LogP) is 3.88. The first-order valence-corrected chi connectivity index (χ1v) is 9.23. The summed E-state index contributed by atoms with van der Waals surface area (Å²) < 4.78 is 6.10. The van der Waals surface area contributed by atoms with E-state index in [0.29, 0.717) is 24.5 Å². The van der Waals surface area contributed by atoms with E-state index in [1.54, 1.807) is 0 Å². The number of nitrogens with one attached hydrogen (secondary N) is 1. The molecule has 1 aliphatic heterocycles. The highest BCUT2D eigenvalue weighted by Gasteiger charge is 2.30. The third-order valence-electron chi connectivity index (χ3n) is 4.92. The fourth-order valence-corrected chi connectivity index (χ4v) is 3.62. The minimum Gasteiger partial charge on any atom is -0.373 e. The summed E-state index contributed by atoms with van der Waals surface area (Å²) in [5, 5.41) is 3.93. The van der Waals surface area contributed by atoms with Gasteiger partial charge in [-0.15, -0.1) is 0 Å².